The Bertz CT molecular complexity index is 1500. The molecule has 2 saturated heterocycles. The van der Waals surface area contributed by atoms with Crippen LogP contribution in [-0.2, 0) is 11.3 Å². The molecule has 0 spiro atoms. The van der Waals surface area contributed by atoms with E-state index in [1.165, 1.54) is 0 Å². The van der Waals surface area contributed by atoms with Gasteiger partial charge in [-0.2, -0.15) is 5.10 Å². The largest absolute Gasteiger partial charge is 0.496 e. The van der Waals surface area contributed by atoms with Crippen LogP contribution in [0.4, 0.5) is 5.69 Å². The van der Waals surface area contributed by atoms with Crippen molar-refractivity contribution in [1.29, 1.82) is 0 Å². The fourth-order valence-electron chi connectivity index (χ4n) is 5.80. The number of aromatic nitrogens is 4. The quantitative estimate of drug-likeness (QED) is 0.395. The van der Waals surface area contributed by atoms with Crippen molar-refractivity contribution in [3.05, 3.63) is 71.8 Å². The fraction of sp³-hybridized carbons (Fsp3) is 0.400. The van der Waals surface area contributed by atoms with Gasteiger partial charge in [0.15, 0.2) is 5.65 Å². The Morgan fingerprint density at radius 2 is 2.00 bits per heavy atom. The number of pyridine rings is 1. The van der Waals surface area contributed by atoms with Gasteiger partial charge in [-0.3, -0.25) is 9.78 Å². The predicted octanol–water partition coefficient (Wildman–Crippen LogP) is 3.54. The van der Waals surface area contributed by atoms with Gasteiger partial charge in [0.25, 0.3) is 5.91 Å². The van der Waals surface area contributed by atoms with Crippen molar-refractivity contribution in [3.63, 3.8) is 0 Å². The molecule has 1 N–H and O–H groups in total. The predicted molar refractivity (Wildman–Crippen MR) is 151 cm³/mol. The van der Waals surface area contributed by atoms with Crippen LogP contribution < -0.4 is 9.64 Å². The van der Waals surface area contributed by atoms with E-state index in [1.807, 2.05) is 39.9 Å². The number of nitrogens with zero attached hydrogens (tertiary/aromatic N) is 6. The molecule has 2 aliphatic heterocycles. The third-order valence-electron chi connectivity index (χ3n) is 8.01. The van der Waals surface area contributed by atoms with Gasteiger partial charge in [0, 0.05) is 55.1 Å². The molecule has 208 valence electrons. The van der Waals surface area contributed by atoms with Crippen molar-refractivity contribution in [3.8, 4) is 17.0 Å². The normalized spacial score (nSPS) is 18.3. The summed E-state index contributed by atoms with van der Waals surface area (Å²) in [5, 5.41) is 15.0. The number of likely N-dealkylation sites (tertiary alicyclic amines) is 1. The molecule has 2 fully saturated rings. The highest BCUT2D eigenvalue weighted by atomic mass is 16.5. The minimum absolute atomic E-state index is 0.0212. The average Bonchev–Trinajstić information content (AvgIpc) is 3.45. The Labute approximate surface area is 233 Å². The minimum atomic E-state index is -0.126. The van der Waals surface area contributed by atoms with Crippen molar-refractivity contribution < 1.29 is 19.4 Å². The van der Waals surface area contributed by atoms with Gasteiger partial charge in [0.05, 0.1) is 55.8 Å². The first kappa shape index (κ1) is 26.2. The SMILES string of the molecule is COc1ccc(-c2cc(N3CCOC[C@@H]3C)c3ncc(C4CCN(C(=O)c5cccnc5)CC4)n3n2)cc1CO. The number of aliphatic hydroxyl groups excluding tert-OH is 1. The molecule has 0 bridgehead atoms. The van der Waals surface area contributed by atoms with Gasteiger partial charge in [-0.05, 0) is 56.2 Å². The summed E-state index contributed by atoms with van der Waals surface area (Å²) in [6.45, 7) is 5.43. The number of fused-ring (bicyclic) bond motifs is 1. The lowest BCUT2D eigenvalue weighted by Gasteiger charge is -2.35. The zero-order chi connectivity index (χ0) is 27.6. The molecule has 10 heteroatoms. The highest BCUT2D eigenvalue weighted by Crippen LogP contribution is 2.35. The van der Waals surface area contributed by atoms with Gasteiger partial charge in [-0.1, -0.05) is 0 Å². The lowest BCUT2D eigenvalue weighted by Crippen LogP contribution is -2.44. The summed E-state index contributed by atoms with van der Waals surface area (Å²) < 4.78 is 13.1. The van der Waals surface area contributed by atoms with Gasteiger partial charge in [0.2, 0.25) is 0 Å². The van der Waals surface area contributed by atoms with Crippen LogP contribution in [0.2, 0.25) is 0 Å². The number of carbonyl (C=O) groups excluding carboxylic acids is 1. The van der Waals surface area contributed by atoms with Crippen molar-refractivity contribution in [2.45, 2.75) is 38.3 Å². The molecule has 1 aromatic carbocycles. The molecule has 0 saturated carbocycles. The first-order chi connectivity index (χ1) is 19.6. The average molecular weight is 543 g/mol. The van der Waals surface area contributed by atoms with E-state index in [1.54, 1.807) is 25.6 Å². The molecule has 3 aromatic heterocycles. The van der Waals surface area contributed by atoms with E-state index in [0.717, 1.165) is 47.7 Å². The number of amides is 1. The number of benzene rings is 1. The van der Waals surface area contributed by atoms with Gasteiger partial charge in [-0.15, -0.1) is 0 Å². The Hall–Kier alpha value is -4.02. The molecule has 0 radical (unpaired) electrons. The van der Waals surface area contributed by atoms with Crippen molar-refractivity contribution >= 4 is 17.2 Å². The van der Waals surface area contributed by atoms with Crippen LogP contribution in [0.5, 0.6) is 5.75 Å². The summed E-state index contributed by atoms with van der Waals surface area (Å²) in [6, 6.07) is 11.7. The number of carbonyl (C=O) groups is 1. The number of piperidine rings is 1. The molecule has 1 atom stereocenters. The van der Waals surface area contributed by atoms with Crippen LogP contribution in [0.25, 0.3) is 16.9 Å². The van der Waals surface area contributed by atoms with E-state index in [4.69, 9.17) is 19.6 Å². The van der Waals surface area contributed by atoms with Crippen LogP contribution in [0.1, 0.15) is 47.3 Å². The van der Waals surface area contributed by atoms with Gasteiger partial charge in [0.1, 0.15) is 5.75 Å². The van der Waals surface area contributed by atoms with E-state index in [-0.39, 0.29) is 24.5 Å². The Morgan fingerprint density at radius 3 is 2.73 bits per heavy atom. The van der Waals surface area contributed by atoms with E-state index >= 15 is 0 Å². The maximum Gasteiger partial charge on any atom is 0.255 e. The smallest absolute Gasteiger partial charge is 0.255 e. The summed E-state index contributed by atoms with van der Waals surface area (Å²) in [7, 11) is 1.60. The standard InChI is InChI=1S/C30H34N6O4/c1-20-19-40-13-12-35(20)26-15-25(22-5-6-28(39-2)24(14-22)18-37)33-36-27(17-32-29(26)36)21-7-10-34(11-8-21)30(38)23-4-3-9-31-16-23/h3-6,9,14-17,20-21,37H,7-8,10-13,18-19H2,1-2H3/t20-/m0/s1. The van der Waals surface area contributed by atoms with E-state index < -0.39 is 0 Å². The van der Waals surface area contributed by atoms with E-state index in [0.29, 0.717) is 43.2 Å². The van der Waals surface area contributed by atoms with E-state index in [2.05, 4.69) is 22.9 Å². The molecule has 5 heterocycles. The van der Waals surface area contributed by atoms with Gasteiger partial charge >= 0.3 is 0 Å². The zero-order valence-corrected chi connectivity index (χ0v) is 22.9. The molecule has 4 aromatic rings. The molecule has 2 aliphatic rings. The lowest BCUT2D eigenvalue weighted by atomic mass is 9.93. The third kappa shape index (κ3) is 4.89. The summed E-state index contributed by atoms with van der Waals surface area (Å²) in [5.74, 6) is 0.882. The monoisotopic (exact) mass is 542 g/mol. The van der Waals surface area contributed by atoms with Crippen LogP contribution in [0, 0.1) is 0 Å². The van der Waals surface area contributed by atoms with Gasteiger partial charge in [-0.25, -0.2) is 9.50 Å². The second-order valence-electron chi connectivity index (χ2n) is 10.4. The summed E-state index contributed by atoms with van der Waals surface area (Å²) >= 11 is 0. The second kappa shape index (κ2) is 11.2. The Morgan fingerprint density at radius 1 is 1.15 bits per heavy atom. The Balaban J connectivity index is 1.36. The second-order valence-corrected chi connectivity index (χ2v) is 10.4. The zero-order valence-electron chi connectivity index (χ0n) is 22.9. The minimum Gasteiger partial charge on any atom is -0.496 e. The maximum atomic E-state index is 13.0. The molecular formula is C30H34N6O4. The van der Waals surface area contributed by atoms with Crippen LogP contribution >= 0.6 is 0 Å². The van der Waals surface area contributed by atoms with Gasteiger partial charge < -0.3 is 24.4 Å². The first-order valence-corrected chi connectivity index (χ1v) is 13.8. The fourth-order valence-corrected chi connectivity index (χ4v) is 5.80. The third-order valence-corrected chi connectivity index (χ3v) is 8.01. The molecule has 40 heavy (non-hydrogen) atoms. The number of morpholine rings is 1. The molecule has 1 amide bonds. The van der Waals surface area contributed by atoms with Crippen LogP contribution in [-0.4, -0.2) is 81.5 Å². The topological polar surface area (TPSA) is 105 Å². The first-order valence-electron chi connectivity index (χ1n) is 13.8. The number of methoxy groups -OCH3 is 1. The number of anilines is 1. The van der Waals surface area contributed by atoms with Crippen LogP contribution in [0.3, 0.4) is 0 Å². The van der Waals surface area contributed by atoms with Crippen molar-refractivity contribution in [2.24, 2.45) is 0 Å². The molecule has 0 unspecified atom stereocenters. The van der Waals surface area contributed by atoms with Crippen molar-refractivity contribution in [2.75, 3.05) is 44.9 Å². The Kier molecular flexibility index (Phi) is 7.36. The highest BCUT2D eigenvalue weighted by molar-refractivity contribution is 5.93. The molecular weight excluding hydrogens is 508 g/mol. The summed E-state index contributed by atoms with van der Waals surface area (Å²) in [4.78, 5) is 26.2. The number of rotatable bonds is 6. The maximum absolute atomic E-state index is 13.0. The van der Waals surface area contributed by atoms with E-state index in [9.17, 15) is 9.90 Å². The molecule has 6 rings (SSSR count). The van der Waals surface area contributed by atoms with Crippen molar-refractivity contribution in [1.82, 2.24) is 24.5 Å². The lowest BCUT2D eigenvalue weighted by molar-refractivity contribution is 0.0711. The number of imidazole rings is 1. The molecule has 10 nitrogen and oxygen atoms in total. The summed E-state index contributed by atoms with van der Waals surface area (Å²) in [5.41, 5.74) is 5.89. The number of hydrogen-bond acceptors (Lipinski definition) is 8. The molecule has 0 aliphatic carbocycles. The number of hydrogen-bond donors (Lipinski definition) is 1. The number of aliphatic hydroxyl groups is 1. The highest BCUT2D eigenvalue weighted by Gasteiger charge is 2.29. The summed E-state index contributed by atoms with van der Waals surface area (Å²) in [6.07, 6.45) is 6.90. The number of ether oxygens (including phenoxy) is 2. The van der Waals surface area contributed by atoms with Crippen LogP contribution in [0.15, 0.2) is 55.0 Å².